The number of methoxy groups -OCH3 is 1. The summed E-state index contributed by atoms with van der Waals surface area (Å²) in [5.74, 6) is -7.08. The van der Waals surface area contributed by atoms with Gasteiger partial charge in [0.1, 0.15) is 18.2 Å². The van der Waals surface area contributed by atoms with Gasteiger partial charge in [0.25, 0.3) is 0 Å². The van der Waals surface area contributed by atoms with Gasteiger partial charge in [0.15, 0.2) is 23.9 Å². The lowest BCUT2D eigenvalue weighted by molar-refractivity contribution is -0.385. The number of ketones is 2. The first-order valence-electron chi connectivity index (χ1n) is 12.7. The van der Waals surface area contributed by atoms with E-state index >= 15 is 4.39 Å². The van der Waals surface area contributed by atoms with Gasteiger partial charge in [-0.2, -0.15) is 13.2 Å². The first-order chi connectivity index (χ1) is 19.8. The molecule has 2 aromatic rings. The third kappa shape index (κ3) is 8.35. The smallest absolute Gasteiger partial charge is 0.413 e. The SMILES string of the molecule is COCCOC(=O)COc1ccccc1Oc1cc(C2CC(=O)/C=C(/C(F)(F)F)C(C)CCC2=O)c(F)cc1[N+](=O)[O-]. The molecule has 0 heterocycles. The van der Waals surface area contributed by atoms with Crippen LogP contribution in [0.3, 0.4) is 0 Å². The highest BCUT2D eigenvalue weighted by Crippen LogP contribution is 2.41. The molecule has 0 saturated carbocycles. The van der Waals surface area contributed by atoms with E-state index in [1.807, 2.05) is 0 Å². The number of allylic oxidation sites excluding steroid dienone is 2. The number of hydrogen-bond acceptors (Lipinski definition) is 9. The lowest BCUT2D eigenvalue weighted by atomic mass is 9.87. The molecule has 1 aliphatic rings. The molecular formula is C28H27F4NO9. The number of nitro benzene ring substituents is 1. The van der Waals surface area contributed by atoms with Crippen LogP contribution in [-0.2, 0) is 23.9 Å². The number of carbonyl (C=O) groups excluding carboxylic acids is 3. The number of halogens is 4. The summed E-state index contributed by atoms with van der Waals surface area (Å²) >= 11 is 0. The minimum atomic E-state index is -4.80. The zero-order valence-electron chi connectivity index (χ0n) is 22.6. The molecule has 1 aliphatic carbocycles. The van der Waals surface area contributed by atoms with Crippen LogP contribution in [0.15, 0.2) is 48.0 Å². The number of carbonyl (C=O) groups is 3. The fourth-order valence-electron chi connectivity index (χ4n) is 4.26. The fraction of sp³-hybridized carbons (Fsp3) is 0.393. The first kappa shape index (κ1) is 32.2. The van der Waals surface area contributed by atoms with E-state index in [9.17, 15) is 37.7 Å². The molecule has 0 aromatic heterocycles. The topological polar surface area (TPSA) is 131 Å². The predicted octanol–water partition coefficient (Wildman–Crippen LogP) is 5.63. The zero-order chi connectivity index (χ0) is 31.0. The molecule has 0 radical (unpaired) electrons. The number of alkyl halides is 3. The highest BCUT2D eigenvalue weighted by Gasteiger charge is 2.39. The molecule has 14 heteroatoms. The second kappa shape index (κ2) is 14.0. The highest BCUT2D eigenvalue weighted by molar-refractivity contribution is 5.97. The van der Waals surface area contributed by atoms with Gasteiger partial charge in [-0.25, -0.2) is 9.18 Å². The average molecular weight is 598 g/mol. The Balaban J connectivity index is 1.96. The van der Waals surface area contributed by atoms with Crippen molar-refractivity contribution in [3.8, 4) is 17.2 Å². The molecular weight excluding hydrogens is 570 g/mol. The van der Waals surface area contributed by atoms with Gasteiger partial charge in [0.2, 0.25) is 5.75 Å². The number of Topliss-reactive ketones (excluding diaryl/α,β-unsaturated/α-hetero) is 1. The quantitative estimate of drug-likeness (QED) is 0.112. The summed E-state index contributed by atoms with van der Waals surface area (Å²) in [6.45, 7) is 0.828. The number of nitro groups is 1. The van der Waals surface area contributed by atoms with E-state index in [1.165, 1.54) is 38.3 Å². The second-order valence-corrected chi connectivity index (χ2v) is 9.38. The molecule has 0 amide bonds. The maximum atomic E-state index is 15.2. The summed E-state index contributed by atoms with van der Waals surface area (Å²) in [7, 11) is 1.42. The molecule has 0 fully saturated rings. The summed E-state index contributed by atoms with van der Waals surface area (Å²) in [5.41, 5.74) is -2.38. The summed E-state index contributed by atoms with van der Waals surface area (Å²) in [4.78, 5) is 48.3. The van der Waals surface area contributed by atoms with E-state index in [0.717, 1.165) is 6.07 Å². The molecule has 0 N–H and O–H groups in total. The maximum absolute atomic E-state index is 15.2. The van der Waals surface area contributed by atoms with Crippen LogP contribution < -0.4 is 9.47 Å². The second-order valence-electron chi connectivity index (χ2n) is 9.38. The van der Waals surface area contributed by atoms with Crippen molar-refractivity contribution in [1.82, 2.24) is 0 Å². The Morgan fingerprint density at radius 3 is 2.43 bits per heavy atom. The van der Waals surface area contributed by atoms with Crippen molar-refractivity contribution in [1.29, 1.82) is 0 Å². The van der Waals surface area contributed by atoms with Crippen LogP contribution in [0.2, 0.25) is 0 Å². The van der Waals surface area contributed by atoms with Crippen LogP contribution in [0.1, 0.15) is 37.7 Å². The van der Waals surface area contributed by atoms with Crippen molar-refractivity contribution in [2.45, 2.75) is 38.3 Å². The van der Waals surface area contributed by atoms with Crippen molar-refractivity contribution in [2.75, 3.05) is 26.9 Å². The fourth-order valence-corrected chi connectivity index (χ4v) is 4.26. The number of esters is 1. The number of benzene rings is 2. The van der Waals surface area contributed by atoms with Crippen molar-refractivity contribution in [3.05, 3.63) is 69.5 Å². The summed E-state index contributed by atoms with van der Waals surface area (Å²) in [5, 5.41) is 11.7. The molecule has 42 heavy (non-hydrogen) atoms. The summed E-state index contributed by atoms with van der Waals surface area (Å²) in [6, 6.07) is 7.12. The Morgan fingerprint density at radius 2 is 1.79 bits per heavy atom. The monoisotopic (exact) mass is 597 g/mol. The number of para-hydroxylation sites is 2. The maximum Gasteiger partial charge on any atom is 0.413 e. The number of nitrogens with zero attached hydrogens (tertiary/aromatic N) is 1. The van der Waals surface area contributed by atoms with Gasteiger partial charge >= 0.3 is 17.8 Å². The average Bonchev–Trinajstić information content (AvgIpc) is 2.97. The third-order valence-electron chi connectivity index (χ3n) is 6.41. The minimum Gasteiger partial charge on any atom is -0.478 e. The van der Waals surface area contributed by atoms with Gasteiger partial charge < -0.3 is 18.9 Å². The molecule has 0 spiro atoms. The van der Waals surface area contributed by atoms with Gasteiger partial charge in [0, 0.05) is 31.1 Å². The molecule has 2 unspecified atom stereocenters. The van der Waals surface area contributed by atoms with Gasteiger partial charge in [0.05, 0.1) is 23.5 Å². The largest absolute Gasteiger partial charge is 0.478 e. The molecule has 2 aromatic carbocycles. The highest BCUT2D eigenvalue weighted by atomic mass is 19.4. The molecule has 0 saturated heterocycles. The first-order valence-corrected chi connectivity index (χ1v) is 12.7. The van der Waals surface area contributed by atoms with Gasteiger partial charge in [-0.1, -0.05) is 19.1 Å². The van der Waals surface area contributed by atoms with Crippen LogP contribution in [-0.4, -0.2) is 55.6 Å². The van der Waals surface area contributed by atoms with Crippen LogP contribution >= 0.6 is 0 Å². The van der Waals surface area contributed by atoms with Crippen LogP contribution in [0.5, 0.6) is 17.2 Å². The van der Waals surface area contributed by atoms with Crippen molar-refractivity contribution in [2.24, 2.45) is 5.92 Å². The van der Waals surface area contributed by atoms with E-state index < -0.39 is 88.3 Å². The van der Waals surface area contributed by atoms with E-state index in [-0.39, 0.29) is 31.1 Å². The molecule has 0 bridgehead atoms. The van der Waals surface area contributed by atoms with Crippen LogP contribution in [0.25, 0.3) is 0 Å². The molecule has 10 nitrogen and oxygen atoms in total. The Labute approximate surface area is 237 Å². The Bertz CT molecular complexity index is 1370. The van der Waals surface area contributed by atoms with Crippen LogP contribution in [0, 0.1) is 21.8 Å². The molecule has 0 aliphatic heterocycles. The van der Waals surface area contributed by atoms with E-state index in [2.05, 4.69) is 0 Å². The molecule has 226 valence electrons. The normalized spacial score (nSPS) is 19.1. The lowest BCUT2D eigenvalue weighted by Gasteiger charge is -2.18. The van der Waals surface area contributed by atoms with Gasteiger partial charge in [-0.3, -0.25) is 19.7 Å². The number of rotatable bonds is 10. The standard InChI is InChI=1S/C28H27F4NO9/c1-16-7-8-23(35)19(11-17(34)12-20(16)28(30,31)32)18-13-26(22(33(37)38)14-21(18)29)42-25-6-4-3-5-24(25)41-15-27(36)40-10-9-39-2/h3-6,12-14,16,19H,7-11,15H2,1-2H3/b20-12+. The van der Waals surface area contributed by atoms with E-state index in [1.54, 1.807) is 0 Å². The van der Waals surface area contributed by atoms with Gasteiger partial charge in [-0.15, -0.1) is 0 Å². The van der Waals surface area contributed by atoms with Crippen molar-refractivity contribution >= 4 is 23.2 Å². The van der Waals surface area contributed by atoms with Crippen molar-refractivity contribution in [3.63, 3.8) is 0 Å². The van der Waals surface area contributed by atoms with Crippen molar-refractivity contribution < 1.29 is 55.8 Å². The summed E-state index contributed by atoms with van der Waals surface area (Å²) < 4.78 is 76.4. The summed E-state index contributed by atoms with van der Waals surface area (Å²) in [6.07, 6.45) is -5.80. The number of hydrogen-bond donors (Lipinski definition) is 0. The lowest BCUT2D eigenvalue weighted by Crippen LogP contribution is -2.19. The Hall–Kier alpha value is -4.33. The zero-order valence-corrected chi connectivity index (χ0v) is 22.6. The molecule has 2 atom stereocenters. The van der Waals surface area contributed by atoms with E-state index in [0.29, 0.717) is 12.1 Å². The Kier molecular flexibility index (Phi) is 10.8. The third-order valence-corrected chi connectivity index (χ3v) is 6.41. The molecule has 3 rings (SSSR count). The van der Waals surface area contributed by atoms with Crippen LogP contribution in [0.4, 0.5) is 23.2 Å². The van der Waals surface area contributed by atoms with Gasteiger partial charge in [-0.05, 0) is 36.6 Å². The predicted molar refractivity (Wildman–Crippen MR) is 138 cm³/mol. The van der Waals surface area contributed by atoms with E-state index in [4.69, 9.17) is 18.9 Å². The minimum absolute atomic E-state index is 0.0179. The Morgan fingerprint density at radius 1 is 1.10 bits per heavy atom. The number of ether oxygens (including phenoxy) is 4.